The number of nitrogens with zero attached hydrogens (tertiary/aromatic N) is 1. The van der Waals surface area contributed by atoms with Crippen LogP contribution in [0.4, 0.5) is 0 Å². The monoisotopic (exact) mass is 419 g/mol. The zero-order valence-corrected chi connectivity index (χ0v) is 18.1. The minimum atomic E-state index is -0.345. The van der Waals surface area contributed by atoms with Gasteiger partial charge in [0.1, 0.15) is 5.75 Å². The summed E-state index contributed by atoms with van der Waals surface area (Å²) in [7, 11) is 1.61. The second-order valence-electron chi connectivity index (χ2n) is 8.18. The van der Waals surface area contributed by atoms with Gasteiger partial charge in [-0.1, -0.05) is 30.3 Å². The topological polar surface area (TPSA) is 74.4 Å². The van der Waals surface area contributed by atoms with Crippen LogP contribution in [0.1, 0.15) is 49.3 Å². The van der Waals surface area contributed by atoms with E-state index >= 15 is 0 Å². The first-order valence-electron chi connectivity index (χ1n) is 10.8. The van der Waals surface area contributed by atoms with Crippen molar-refractivity contribution in [3.05, 3.63) is 65.9 Å². The van der Waals surface area contributed by atoms with Gasteiger partial charge in [0.15, 0.2) is 0 Å². The van der Waals surface area contributed by atoms with Crippen molar-refractivity contribution in [1.29, 1.82) is 0 Å². The lowest BCUT2D eigenvalue weighted by Gasteiger charge is -2.33. The fourth-order valence-electron chi connectivity index (χ4n) is 4.51. The van der Waals surface area contributed by atoms with E-state index in [-0.39, 0.29) is 24.3 Å². The van der Waals surface area contributed by atoms with E-state index in [1.807, 2.05) is 35.2 Å². The number of likely N-dealkylation sites (tertiary alicyclic amines) is 1. The Kier molecular flexibility index (Phi) is 6.26. The number of carbonyl (C=O) groups excluding carboxylic acids is 2. The highest BCUT2D eigenvalue weighted by Crippen LogP contribution is 2.33. The molecule has 4 rings (SSSR count). The molecule has 2 amide bonds. The lowest BCUT2D eigenvalue weighted by Crippen LogP contribution is -2.40. The SMILES string of the molecule is COc1ccc(C(CC(=O)N2CCC(c3c[nH]c4ccccc34)CC2)NC(C)=O)cc1. The lowest BCUT2D eigenvalue weighted by molar-refractivity contribution is -0.133. The molecule has 6 nitrogen and oxygen atoms in total. The maximum absolute atomic E-state index is 13.0. The standard InChI is InChI=1S/C25H29N3O3/c1-17(29)27-24(19-7-9-20(31-2)10-8-19)15-25(30)28-13-11-18(12-14-28)22-16-26-23-6-4-3-5-21(22)23/h3-10,16,18,24,26H,11-15H2,1-2H3,(H,27,29). The van der Waals surface area contributed by atoms with Gasteiger partial charge in [-0.25, -0.2) is 0 Å². The van der Waals surface area contributed by atoms with Crippen molar-refractivity contribution in [2.45, 2.75) is 38.1 Å². The number of piperidine rings is 1. The molecule has 2 N–H and O–H groups in total. The number of rotatable bonds is 6. The first-order chi connectivity index (χ1) is 15.0. The van der Waals surface area contributed by atoms with E-state index in [1.165, 1.54) is 17.9 Å². The third kappa shape index (κ3) is 4.74. The average molecular weight is 420 g/mol. The highest BCUT2D eigenvalue weighted by Gasteiger charge is 2.27. The van der Waals surface area contributed by atoms with Gasteiger partial charge in [0.05, 0.1) is 19.6 Å². The minimum Gasteiger partial charge on any atom is -0.497 e. The number of hydrogen-bond acceptors (Lipinski definition) is 3. The lowest BCUT2D eigenvalue weighted by atomic mass is 9.89. The number of para-hydroxylation sites is 1. The van der Waals surface area contributed by atoms with E-state index in [1.54, 1.807) is 7.11 Å². The molecule has 0 spiro atoms. The van der Waals surface area contributed by atoms with Crippen molar-refractivity contribution >= 4 is 22.7 Å². The summed E-state index contributed by atoms with van der Waals surface area (Å²) in [6, 6.07) is 15.5. The Hall–Kier alpha value is -3.28. The first kappa shape index (κ1) is 21.0. The molecule has 1 aliphatic rings. The summed E-state index contributed by atoms with van der Waals surface area (Å²) in [5.41, 5.74) is 3.41. The summed E-state index contributed by atoms with van der Waals surface area (Å²) < 4.78 is 5.21. The van der Waals surface area contributed by atoms with E-state index in [0.29, 0.717) is 5.92 Å². The zero-order chi connectivity index (χ0) is 21.8. The van der Waals surface area contributed by atoms with E-state index < -0.39 is 0 Å². The Morgan fingerprint density at radius 2 is 1.84 bits per heavy atom. The molecule has 3 aromatic rings. The molecular formula is C25H29N3O3. The van der Waals surface area contributed by atoms with Gasteiger partial charge < -0.3 is 19.9 Å². The van der Waals surface area contributed by atoms with Gasteiger partial charge in [0, 0.05) is 37.1 Å². The molecule has 1 aromatic heterocycles. The van der Waals surface area contributed by atoms with E-state index in [4.69, 9.17) is 4.74 Å². The fourth-order valence-corrected chi connectivity index (χ4v) is 4.51. The van der Waals surface area contributed by atoms with E-state index in [9.17, 15) is 9.59 Å². The third-order valence-electron chi connectivity index (χ3n) is 6.18. The predicted molar refractivity (Wildman–Crippen MR) is 121 cm³/mol. The van der Waals surface area contributed by atoms with Gasteiger partial charge in [-0.05, 0) is 48.1 Å². The number of nitrogens with one attached hydrogen (secondary N) is 2. The molecule has 31 heavy (non-hydrogen) atoms. The smallest absolute Gasteiger partial charge is 0.224 e. The number of benzene rings is 2. The maximum atomic E-state index is 13.0. The molecule has 1 unspecified atom stereocenters. The Morgan fingerprint density at radius 3 is 2.52 bits per heavy atom. The van der Waals surface area contributed by atoms with E-state index in [2.05, 4.69) is 34.7 Å². The highest BCUT2D eigenvalue weighted by atomic mass is 16.5. The van der Waals surface area contributed by atoms with Crippen LogP contribution in [-0.4, -0.2) is 41.9 Å². The molecule has 1 atom stereocenters. The van der Waals surface area contributed by atoms with Crippen molar-refractivity contribution in [2.24, 2.45) is 0 Å². The molecule has 0 radical (unpaired) electrons. The average Bonchev–Trinajstić information content (AvgIpc) is 3.23. The van der Waals surface area contributed by atoms with Crippen LogP contribution in [0.15, 0.2) is 54.7 Å². The number of aromatic nitrogens is 1. The van der Waals surface area contributed by atoms with Crippen molar-refractivity contribution in [3.8, 4) is 5.75 Å². The van der Waals surface area contributed by atoms with Crippen molar-refractivity contribution < 1.29 is 14.3 Å². The number of aromatic amines is 1. The number of H-pyrrole nitrogens is 1. The molecule has 1 fully saturated rings. The molecule has 2 aromatic carbocycles. The highest BCUT2D eigenvalue weighted by molar-refractivity contribution is 5.84. The second kappa shape index (κ2) is 9.25. The van der Waals surface area contributed by atoms with Crippen LogP contribution in [-0.2, 0) is 9.59 Å². The summed E-state index contributed by atoms with van der Waals surface area (Å²) >= 11 is 0. The zero-order valence-electron chi connectivity index (χ0n) is 18.1. The van der Waals surface area contributed by atoms with Crippen LogP contribution in [0.3, 0.4) is 0 Å². The van der Waals surface area contributed by atoms with Crippen LogP contribution >= 0.6 is 0 Å². The van der Waals surface area contributed by atoms with Gasteiger partial charge >= 0.3 is 0 Å². The molecule has 0 bridgehead atoms. The Bertz CT molecular complexity index is 1050. The van der Waals surface area contributed by atoms with Crippen molar-refractivity contribution in [3.63, 3.8) is 0 Å². The first-order valence-corrected chi connectivity index (χ1v) is 10.8. The quantitative estimate of drug-likeness (QED) is 0.630. The molecular weight excluding hydrogens is 390 g/mol. The van der Waals surface area contributed by atoms with Crippen LogP contribution in [0.25, 0.3) is 10.9 Å². The summed E-state index contributed by atoms with van der Waals surface area (Å²) in [5, 5.41) is 4.20. The minimum absolute atomic E-state index is 0.0759. The van der Waals surface area contributed by atoms with Gasteiger partial charge in [-0.3, -0.25) is 9.59 Å². The summed E-state index contributed by atoms with van der Waals surface area (Å²) in [6.45, 7) is 2.95. The molecule has 1 saturated heterocycles. The number of amides is 2. The summed E-state index contributed by atoms with van der Waals surface area (Å²) in [6.07, 6.45) is 4.26. The number of ether oxygens (including phenoxy) is 1. The van der Waals surface area contributed by atoms with Gasteiger partial charge in [0.2, 0.25) is 11.8 Å². The largest absolute Gasteiger partial charge is 0.497 e. The Balaban J connectivity index is 1.40. The van der Waals surface area contributed by atoms with Crippen molar-refractivity contribution in [1.82, 2.24) is 15.2 Å². The van der Waals surface area contributed by atoms with Crippen molar-refractivity contribution in [2.75, 3.05) is 20.2 Å². The number of fused-ring (bicyclic) bond motifs is 1. The normalized spacial score (nSPS) is 15.6. The Morgan fingerprint density at radius 1 is 1.13 bits per heavy atom. The predicted octanol–water partition coefficient (Wildman–Crippen LogP) is 4.15. The van der Waals surface area contributed by atoms with E-state index in [0.717, 1.165) is 42.8 Å². The molecule has 6 heteroatoms. The molecule has 0 aliphatic carbocycles. The molecule has 0 saturated carbocycles. The summed E-state index contributed by atoms with van der Waals surface area (Å²) in [5.74, 6) is 1.13. The van der Waals surface area contributed by atoms with Crippen LogP contribution in [0, 0.1) is 0 Å². The van der Waals surface area contributed by atoms with Gasteiger partial charge in [0.25, 0.3) is 0 Å². The molecule has 2 heterocycles. The fraction of sp³-hybridized carbons (Fsp3) is 0.360. The Labute approximate surface area is 182 Å². The third-order valence-corrected chi connectivity index (χ3v) is 6.18. The van der Waals surface area contributed by atoms with Crippen LogP contribution < -0.4 is 10.1 Å². The summed E-state index contributed by atoms with van der Waals surface area (Å²) in [4.78, 5) is 30.1. The second-order valence-corrected chi connectivity index (χ2v) is 8.18. The number of hydrogen-bond donors (Lipinski definition) is 2. The van der Waals surface area contributed by atoms with Crippen LogP contribution in [0.5, 0.6) is 5.75 Å². The number of carbonyl (C=O) groups is 2. The van der Waals surface area contributed by atoms with Gasteiger partial charge in [-0.15, -0.1) is 0 Å². The maximum Gasteiger partial charge on any atom is 0.224 e. The van der Waals surface area contributed by atoms with Crippen LogP contribution in [0.2, 0.25) is 0 Å². The number of methoxy groups -OCH3 is 1. The molecule has 1 aliphatic heterocycles. The molecule has 162 valence electrons. The van der Waals surface area contributed by atoms with Gasteiger partial charge in [-0.2, -0.15) is 0 Å².